The highest BCUT2D eigenvalue weighted by Gasteiger charge is 2.22. The quantitative estimate of drug-likeness (QED) is 0.843. The van der Waals surface area contributed by atoms with E-state index in [9.17, 15) is 4.79 Å². The molecule has 3 rings (SSSR count). The van der Waals surface area contributed by atoms with Gasteiger partial charge in [0.05, 0.1) is 13.2 Å². The summed E-state index contributed by atoms with van der Waals surface area (Å²) in [7, 11) is 0. The number of hydrogen-bond donors (Lipinski definition) is 0. The Kier molecular flexibility index (Phi) is 5.71. The van der Waals surface area contributed by atoms with Gasteiger partial charge in [-0.05, 0) is 30.4 Å². The normalized spacial score (nSPS) is 18.6. The second-order valence-corrected chi connectivity index (χ2v) is 6.80. The zero-order chi connectivity index (χ0) is 15.9. The van der Waals surface area contributed by atoms with Gasteiger partial charge in [0, 0.05) is 42.2 Å². The van der Waals surface area contributed by atoms with E-state index in [1.807, 2.05) is 17.0 Å². The highest BCUT2D eigenvalue weighted by atomic mass is 32.1. The van der Waals surface area contributed by atoms with Crippen LogP contribution in [0, 0.1) is 5.92 Å². The minimum Gasteiger partial charge on any atom is -0.379 e. The topological polar surface area (TPSA) is 55.3 Å². The number of nitrogens with zero attached hydrogens (tertiary/aromatic N) is 3. The average molecular weight is 331 g/mol. The van der Waals surface area contributed by atoms with Crippen molar-refractivity contribution in [2.45, 2.75) is 19.3 Å². The molecular weight excluding hydrogens is 310 g/mol. The molecule has 23 heavy (non-hydrogen) atoms. The predicted octanol–water partition coefficient (Wildman–Crippen LogP) is 2.19. The third-order valence-corrected chi connectivity index (χ3v) is 4.93. The minimum absolute atomic E-state index is 0.219. The van der Waals surface area contributed by atoms with Gasteiger partial charge in [0.1, 0.15) is 6.33 Å². The summed E-state index contributed by atoms with van der Waals surface area (Å²) in [5.74, 6) is 0.509. The van der Waals surface area contributed by atoms with Crippen LogP contribution in [0.2, 0.25) is 0 Å². The van der Waals surface area contributed by atoms with Crippen LogP contribution < -0.4 is 0 Å². The van der Waals surface area contributed by atoms with Gasteiger partial charge in [-0.1, -0.05) is 6.07 Å². The largest absolute Gasteiger partial charge is 0.379 e. The molecule has 1 aliphatic rings. The second-order valence-electron chi connectivity index (χ2n) is 5.76. The zero-order valence-corrected chi connectivity index (χ0v) is 13.9. The highest BCUT2D eigenvalue weighted by molar-refractivity contribution is 7.09. The lowest BCUT2D eigenvalue weighted by atomic mass is 10.0. The Morgan fingerprint density at radius 2 is 2.39 bits per heavy atom. The standard InChI is InChI=1S/C17H21N3O2S/c21-17(4-3-16-2-1-9-23-16)20-7-8-22-12-14(11-20)10-15-5-6-18-13-19-15/h1-2,5-6,9,13-14H,3-4,7-8,10-12H2/t14-/m1/s1. The molecule has 0 aromatic carbocycles. The summed E-state index contributed by atoms with van der Waals surface area (Å²) in [5.41, 5.74) is 1.00. The van der Waals surface area contributed by atoms with Crippen LogP contribution in [0.1, 0.15) is 17.0 Å². The van der Waals surface area contributed by atoms with Crippen molar-refractivity contribution in [1.82, 2.24) is 14.9 Å². The van der Waals surface area contributed by atoms with Crippen molar-refractivity contribution < 1.29 is 9.53 Å². The summed E-state index contributed by atoms with van der Waals surface area (Å²) in [6.07, 6.45) is 5.53. The van der Waals surface area contributed by atoms with Crippen LogP contribution in [0.3, 0.4) is 0 Å². The number of thiophene rings is 1. The minimum atomic E-state index is 0.219. The van der Waals surface area contributed by atoms with Gasteiger partial charge in [-0.15, -0.1) is 11.3 Å². The lowest BCUT2D eigenvalue weighted by molar-refractivity contribution is -0.131. The Morgan fingerprint density at radius 3 is 3.17 bits per heavy atom. The molecule has 0 saturated carbocycles. The molecule has 2 aromatic heterocycles. The first-order valence-corrected chi connectivity index (χ1v) is 8.82. The van der Waals surface area contributed by atoms with Crippen molar-refractivity contribution >= 4 is 17.2 Å². The number of rotatable bonds is 5. The Bertz CT molecular complexity index is 604. The third-order valence-electron chi connectivity index (χ3n) is 4.00. The fourth-order valence-electron chi connectivity index (χ4n) is 2.81. The van der Waals surface area contributed by atoms with Gasteiger partial charge < -0.3 is 9.64 Å². The first-order chi connectivity index (χ1) is 11.3. The van der Waals surface area contributed by atoms with Crippen LogP contribution in [0.25, 0.3) is 0 Å². The number of carbonyl (C=O) groups is 1. The van der Waals surface area contributed by atoms with Gasteiger partial charge in [-0.2, -0.15) is 0 Å². The maximum atomic E-state index is 12.5. The fraction of sp³-hybridized carbons (Fsp3) is 0.471. The molecule has 0 unspecified atom stereocenters. The van der Waals surface area contributed by atoms with Gasteiger partial charge >= 0.3 is 0 Å². The molecule has 0 N–H and O–H groups in total. The van der Waals surface area contributed by atoms with Crippen molar-refractivity contribution in [1.29, 1.82) is 0 Å². The van der Waals surface area contributed by atoms with Crippen molar-refractivity contribution in [2.75, 3.05) is 26.3 Å². The van der Waals surface area contributed by atoms with E-state index >= 15 is 0 Å². The molecule has 1 saturated heterocycles. The number of carbonyl (C=O) groups excluding carboxylic acids is 1. The third kappa shape index (κ3) is 4.84. The number of hydrogen-bond acceptors (Lipinski definition) is 5. The smallest absolute Gasteiger partial charge is 0.223 e. The number of aromatic nitrogens is 2. The van der Waals surface area contributed by atoms with Gasteiger partial charge in [-0.3, -0.25) is 4.79 Å². The molecule has 6 heteroatoms. The maximum Gasteiger partial charge on any atom is 0.223 e. The Balaban J connectivity index is 1.54. The molecule has 1 atom stereocenters. The summed E-state index contributed by atoms with van der Waals surface area (Å²) in [6, 6.07) is 6.04. The molecule has 0 radical (unpaired) electrons. The molecule has 1 aliphatic heterocycles. The monoisotopic (exact) mass is 331 g/mol. The predicted molar refractivity (Wildman–Crippen MR) is 89.3 cm³/mol. The Hall–Kier alpha value is -1.79. The second kappa shape index (κ2) is 8.17. The summed E-state index contributed by atoms with van der Waals surface area (Å²) in [4.78, 5) is 23.9. The van der Waals surface area contributed by atoms with Gasteiger partial charge in [-0.25, -0.2) is 9.97 Å². The van der Waals surface area contributed by atoms with E-state index in [0.717, 1.165) is 25.1 Å². The van der Waals surface area contributed by atoms with E-state index in [1.165, 1.54) is 4.88 Å². The van der Waals surface area contributed by atoms with Gasteiger partial charge in [0.2, 0.25) is 5.91 Å². The van der Waals surface area contributed by atoms with Crippen LogP contribution in [0.15, 0.2) is 36.1 Å². The summed E-state index contributed by atoms with van der Waals surface area (Å²) >= 11 is 1.71. The van der Waals surface area contributed by atoms with Crippen LogP contribution >= 0.6 is 11.3 Å². The summed E-state index contributed by atoms with van der Waals surface area (Å²) in [5, 5.41) is 2.05. The van der Waals surface area contributed by atoms with Crippen molar-refractivity contribution in [3.8, 4) is 0 Å². The molecule has 0 bridgehead atoms. The van der Waals surface area contributed by atoms with Crippen molar-refractivity contribution in [3.05, 3.63) is 46.7 Å². The van der Waals surface area contributed by atoms with E-state index in [1.54, 1.807) is 23.9 Å². The SMILES string of the molecule is O=C(CCc1cccs1)N1CCOC[C@H](Cc2ccncn2)C1. The highest BCUT2D eigenvalue weighted by Crippen LogP contribution is 2.15. The molecule has 2 aromatic rings. The van der Waals surface area contributed by atoms with E-state index in [-0.39, 0.29) is 11.8 Å². The van der Waals surface area contributed by atoms with Crippen LogP contribution in [0.5, 0.6) is 0 Å². The van der Waals surface area contributed by atoms with Crippen molar-refractivity contribution in [3.63, 3.8) is 0 Å². The lowest BCUT2D eigenvalue weighted by Gasteiger charge is -2.23. The Labute approximate surface area is 140 Å². The first kappa shape index (κ1) is 16.1. The van der Waals surface area contributed by atoms with E-state index < -0.39 is 0 Å². The number of aryl methyl sites for hydroxylation is 1. The van der Waals surface area contributed by atoms with Crippen LogP contribution in [-0.2, 0) is 22.4 Å². The Morgan fingerprint density at radius 1 is 1.43 bits per heavy atom. The van der Waals surface area contributed by atoms with E-state index in [0.29, 0.717) is 26.2 Å². The molecule has 0 aliphatic carbocycles. The maximum absolute atomic E-state index is 12.5. The zero-order valence-electron chi connectivity index (χ0n) is 13.1. The number of amides is 1. The average Bonchev–Trinajstić information content (AvgIpc) is 2.99. The summed E-state index contributed by atoms with van der Waals surface area (Å²) in [6.45, 7) is 2.72. The molecule has 1 fully saturated rings. The molecule has 3 heterocycles. The lowest BCUT2D eigenvalue weighted by Crippen LogP contribution is -2.36. The van der Waals surface area contributed by atoms with E-state index in [4.69, 9.17) is 4.74 Å². The van der Waals surface area contributed by atoms with Crippen LogP contribution in [0.4, 0.5) is 0 Å². The molecule has 1 amide bonds. The van der Waals surface area contributed by atoms with Crippen molar-refractivity contribution in [2.24, 2.45) is 5.92 Å². The number of ether oxygens (including phenoxy) is 1. The first-order valence-electron chi connectivity index (χ1n) is 7.94. The summed E-state index contributed by atoms with van der Waals surface area (Å²) < 4.78 is 5.67. The van der Waals surface area contributed by atoms with E-state index in [2.05, 4.69) is 21.4 Å². The molecular formula is C17H21N3O2S. The fourth-order valence-corrected chi connectivity index (χ4v) is 3.52. The molecule has 5 nitrogen and oxygen atoms in total. The van der Waals surface area contributed by atoms with Gasteiger partial charge in [0.25, 0.3) is 0 Å². The molecule has 122 valence electrons. The molecule has 0 spiro atoms. The van der Waals surface area contributed by atoms with Crippen LogP contribution in [-0.4, -0.2) is 47.1 Å². The van der Waals surface area contributed by atoms with Gasteiger partial charge in [0.15, 0.2) is 0 Å².